The molecule has 0 aromatic carbocycles. The summed E-state index contributed by atoms with van der Waals surface area (Å²) in [6.45, 7) is 4.56. The van der Waals surface area contributed by atoms with Gasteiger partial charge in [-0.25, -0.2) is 14.3 Å². The summed E-state index contributed by atoms with van der Waals surface area (Å²) in [6, 6.07) is 5.04. The zero-order valence-corrected chi connectivity index (χ0v) is 12.5. The number of nitrogens with one attached hydrogen (secondary N) is 1. The van der Waals surface area contributed by atoms with Crippen LogP contribution in [0.5, 0.6) is 0 Å². The Bertz CT molecular complexity index is 826. The molecule has 7 heteroatoms. The van der Waals surface area contributed by atoms with E-state index in [0.717, 1.165) is 12.8 Å². The number of hydrogen-bond donors (Lipinski definition) is 1. The molecule has 0 aliphatic carbocycles. The molecule has 1 aliphatic rings. The number of rotatable bonds is 1. The van der Waals surface area contributed by atoms with Crippen molar-refractivity contribution in [3.05, 3.63) is 34.4 Å². The highest BCUT2D eigenvalue weighted by Gasteiger charge is 2.40. The number of nitriles is 1. The van der Waals surface area contributed by atoms with Crippen LogP contribution in [-0.4, -0.2) is 38.0 Å². The van der Waals surface area contributed by atoms with Crippen molar-refractivity contribution in [3.63, 3.8) is 0 Å². The van der Waals surface area contributed by atoms with Crippen LogP contribution in [0.2, 0.25) is 0 Å². The molecular formula is C15H17N5O2. The van der Waals surface area contributed by atoms with Gasteiger partial charge >= 0.3 is 5.69 Å². The van der Waals surface area contributed by atoms with Gasteiger partial charge < -0.3 is 4.90 Å². The second kappa shape index (κ2) is 4.98. The van der Waals surface area contributed by atoms with Gasteiger partial charge in [0.05, 0.1) is 11.6 Å². The lowest BCUT2D eigenvalue weighted by atomic mass is 9.77. The minimum absolute atomic E-state index is 0.227. The fraction of sp³-hybridized carbons (Fsp3) is 0.467. The van der Waals surface area contributed by atoms with Crippen molar-refractivity contribution >= 4 is 11.6 Å². The predicted molar refractivity (Wildman–Crippen MR) is 79.3 cm³/mol. The monoisotopic (exact) mass is 299 g/mol. The first-order chi connectivity index (χ1) is 10.4. The number of H-pyrrole nitrogens is 1. The maximum absolute atomic E-state index is 12.8. The smallest absolute Gasteiger partial charge is 0.322 e. The summed E-state index contributed by atoms with van der Waals surface area (Å²) >= 11 is 0. The minimum atomic E-state index is -0.467. The first kappa shape index (κ1) is 14.3. The average Bonchev–Trinajstić information content (AvgIpc) is 2.86. The van der Waals surface area contributed by atoms with E-state index in [1.54, 1.807) is 17.0 Å². The van der Waals surface area contributed by atoms with Gasteiger partial charge in [-0.3, -0.25) is 4.79 Å². The van der Waals surface area contributed by atoms with Gasteiger partial charge in [-0.15, -0.1) is 0 Å². The molecule has 0 radical (unpaired) electrons. The number of aromatic amines is 1. The van der Waals surface area contributed by atoms with E-state index in [9.17, 15) is 14.9 Å². The number of fused-ring (bicyclic) bond motifs is 1. The summed E-state index contributed by atoms with van der Waals surface area (Å²) in [6.07, 6.45) is 3.25. The lowest BCUT2D eigenvalue weighted by Gasteiger charge is -2.42. The normalized spacial score (nSPS) is 20.8. The standard InChI is InChI=1S/C15H17N5O2/c1-15(2)6-3-7-19(11(15)8-16)13(21)10-4-5-12-17-18-14(22)20(12)9-10/h4-5,9,11H,3,6-7H2,1-2H3,(H,18,22). The first-order valence-electron chi connectivity index (χ1n) is 7.21. The van der Waals surface area contributed by atoms with Gasteiger partial charge in [-0.2, -0.15) is 10.4 Å². The zero-order valence-electron chi connectivity index (χ0n) is 12.5. The highest BCUT2D eigenvalue weighted by Crippen LogP contribution is 2.35. The number of nitrogens with zero attached hydrogens (tertiary/aromatic N) is 4. The van der Waals surface area contributed by atoms with Crippen molar-refractivity contribution in [2.75, 3.05) is 6.54 Å². The van der Waals surface area contributed by atoms with Crippen LogP contribution in [0.25, 0.3) is 5.65 Å². The third kappa shape index (κ3) is 2.17. The van der Waals surface area contributed by atoms with Crippen LogP contribution in [0.4, 0.5) is 0 Å². The molecule has 1 amide bonds. The van der Waals surface area contributed by atoms with Gasteiger partial charge in [-0.05, 0) is 30.4 Å². The van der Waals surface area contributed by atoms with E-state index in [4.69, 9.17) is 0 Å². The molecule has 3 rings (SSSR count). The first-order valence-corrected chi connectivity index (χ1v) is 7.21. The van der Waals surface area contributed by atoms with Crippen molar-refractivity contribution in [2.24, 2.45) is 5.41 Å². The molecule has 7 nitrogen and oxygen atoms in total. The Labute approximate surface area is 127 Å². The Morgan fingerprint density at radius 1 is 1.50 bits per heavy atom. The summed E-state index contributed by atoms with van der Waals surface area (Å²) in [5.74, 6) is -0.227. The van der Waals surface area contributed by atoms with E-state index in [1.165, 1.54) is 10.6 Å². The van der Waals surface area contributed by atoms with Gasteiger partial charge in [0.1, 0.15) is 6.04 Å². The fourth-order valence-corrected chi connectivity index (χ4v) is 3.05. The van der Waals surface area contributed by atoms with E-state index >= 15 is 0 Å². The van der Waals surface area contributed by atoms with E-state index in [1.807, 2.05) is 13.8 Å². The van der Waals surface area contributed by atoms with Crippen LogP contribution in [-0.2, 0) is 0 Å². The Morgan fingerprint density at radius 3 is 3.00 bits per heavy atom. The number of pyridine rings is 1. The fourth-order valence-electron chi connectivity index (χ4n) is 3.05. The molecule has 1 N–H and O–H groups in total. The third-order valence-corrected chi connectivity index (χ3v) is 4.31. The quantitative estimate of drug-likeness (QED) is 0.855. The van der Waals surface area contributed by atoms with E-state index in [2.05, 4.69) is 16.3 Å². The van der Waals surface area contributed by atoms with Crippen molar-refractivity contribution in [1.82, 2.24) is 19.5 Å². The number of carbonyl (C=O) groups excluding carboxylic acids is 1. The Kier molecular flexibility index (Phi) is 3.24. The van der Waals surface area contributed by atoms with Crippen LogP contribution in [0.3, 0.4) is 0 Å². The molecule has 3 heterocycles. The van der Waals surface area contributed by atoms with Gasteiger partial charge in [0.15, 0.2) is 5.65 Å². The molecule has 0 spiro atoms. The van der Waals surface area contributed by atoms with E-state index in [-0.39, 0.29) is 17.0 Å². The number of aromatic nitrogens is 3. The summed E-state index contributed by atoms with van der Waals surface area (Å²) < 4.78 is 1.30. The minimum Gasteiger partial charge on any atom is -0.322 e. The number of piperidine rings is 1. The highest BCUT2D eigenvalue weighted by atomic mass is 16.2. The molecule has 114 valence electrons. The average molecular weight is 299 g/mol. The highest BCUT2D eigenvalue weighted by molar-refractivity contribution is 5.94. The molecule has 0 saturated carbocycles. The van der Waals surface area contributed by atoms with Gasteiger partial charge in [0, 0.05) is 12.7 Å². The Hall–Kier alpha value is -2.62. The van der Waals surface area contributed by atoms with Crippen LogP contribution >= 0.6 is 0 Å². The van der Waals surface area contributed by atoms with E-state index < -0.39 is 6.04 Å². The number of amides is 1. The van der Waals surface area contributed by atoms with Crippen molar-refractivity contribution in [1.29, 1.82) is 5.26 Å². The van der Waals surface area contributed by atoms with Crippen LogP contribution in [0.15, 0.2) is 23.1 Å². The molecule has 1 aliphatic heterocycles. The summed E-state index contributed by atoms with van der Waals surface area (Å²) in [7, 11) is 0. The van der Waals surface area contributed by atoms with Crippen molar-refractivity contribution in [3.8, 4) is 6.07 Å². The third-order valence-electron chi connectivity index (χ3n) is 4.31. The van der Waals surface area contributed by atoms with Gasteiger partial charge in [0.25, 0.3) is 5.91 Å². The second-order valence-corrected chi connectivity index (χ2v) is 6.30. The topological polar surface area (TPSA) is 94.3 Å². The van der Waals surface area contributed by atoms with Crippen LogP contribution < -0.4 is 5.69 Å². The maximum Gasteiger partial charge on any atom is 0.347 e. The molecule has 0 bridgehead atoms. The lowest BCUT2D eigenvalue weighted by molar-refractivity contribution is 0.0437. The van der Waals surface area contributed by atoms with Gasteiger partial charge in [0.2, 0.25) is 0 Å². The van der Waals surface area contributed by atoms with Crippen LogP contribution in [0.1, 0.15) is 37.0 Å². The molecule has 1 fully saturated rings. The van der Waals surface area contributed by atoms with Crippen molar-refractivity contribution < 1.29 is 4.79 Å². The zero-order chi connectivity index (χ0) is 15.9. The SMILES string of the molecule is CC1(C)CCCN(C(=O)c2ccc3n[nH]c(=O)n3c2)C1C#N. The summed E-state index contributed by atoms with van der Waals surface area (Å²) in [5, 5.41) is 15.6. The molecule has 2 aromatic heterocycles. The maximum atomic E-state index is 12.8. The molecule has 1 unspecified atom stereocenters. The van der Waals surface area contributed by atoms with E-state index in [0.29, 0.717) is 17.8 Å². The molecular weight excluding hydrogens is 282 g/mol. The largest absolute Gasteiger partial charge is 0.347 e. The number of carbonyl (C=O) groups is 1. The molecule has 2 aromatic rings. The number of likely N-dealkylation sites (tertiary alicyclic amines) is 1. The Balaban J connectivity index is 1.99. The van der Waals surface area contributed by atoms with Crippen LogP contribution in [0, 0.1) is 16.7 Å². The lowest BCUT2D eigenvalue weighted by Crippen LogP contribution is -2.51. The predicted octanol–water partition coefficient (Wildman–Crippen LogP) is 1.18. The number of hydrogen-bond acceptors (Lipinski definition) is 4. The molecule has 1 atom stereocenters. The Morgan fingerprint density at radius 2 is 2.27 bits per heavy atom. The summed E-state index contributed by atoms with van der Waals surface area (Å²) in [4.78, 5) is 26.0. The van der Waals surface area contributed by atoms with Gasteiger partial charge in [-0.1, -0.05) is 13.8 Å². The second-order valence-electron chi connectivity index (χ2n) is 6.30. The molecule has 22 heavy (non-hydrogen) atoms. The van der Waals surface area contributed by atoms with Crippen molar-refractivity contribution in [2.45, 2.75) is 32.7 Å². The molecule has 1 saturated heterocycles. The summed E-state index contributed by atoms with van der Waals surface area (Å²) in [5.41, 5.74) is 0.214.